The predicted molar refractivity (Wildman–Crippen MR) is 70.9 cm³/mol. The lowest BCUT2D eigenvalue weighted by atomic mass is 10.3. The lowest BCUT2D eigenvalue weighted by molar-refractivity contribution is 0.884. The van der Waals surface area contributed by atoms with Gasteiger partial charge >= 0.3 is 0 Å². The molecule has 0 fully saturated rings. The van der Waals surface area contributed by atoms with Crippen molar-refractivity contribution in [2.45, 2.75) is 0 Å². The first-order valence-electron chi connectivity index (χ1n) is 5.01. The summed E-state index contributed by atoms with van der Waals surface area (Å²) in [6.07, 6.45) is 1.53. The van der Waals surface area contributed by atoms with E-state index in [0.717, 1.165) is 5.82 Å². The second kappa shape index (κ2) is 7.35. The minimum absolute atomic E-state index is 0.549. The molecule has 0 bridgehead atoms. The first kappa shape index (κ1) is 13.1. The third-order valence-corrected chi connectivity index (χ3v) is 2.16. The fourth-order valence-electron chi connectivity index (χ4n) is 1.10. The Kier molecular flexibility index (Phi) is 5.68. The Morgan fingerprint density at radius 1 is 1.53 bits per heavy atom. The Hall–Kier alpha value is -1.94. The summed E-state index contributed by atoms with van der Waals surface area (Å²) in [5, 5.41) is 14.8. The van der Waals surface area contributed by atoms with E-state index in [4.69, 9.17) is 5.26 Å². The average molecular weight is 250 g/mol. The third-order valence-electron chi connectivity index (χ3n) is 1.95. The molecule has 0 saturated carbocycles. The number of pyridine rings is 1. The summed E-state index contributed by atoms with van der Waals surface area (Å²) in [6.45, 7) is 1.37. The molecular weight excluding hydrogens is 236 g/mol. The molecule has 0 atom stereocenters. The number of guanidine groups is 1. The third kappa shape index (κ3) is 4.61. The number of anilines is 1. The van der Waals surface area contributed by atoms with E-state index in [1.807, 2.05) is 6.07 Å². The summed E-state index contributed by atoms with van der Waals surface area (Å²) in [7, 11) is 1.67. The first-order valence-corrected chi connectivity index (χ1v) is 5.45. The van der Waals surface area contributed by atoms with Gasteiger partial charge in [-0.05, 0) is 12.1 Å². The van der Waals surface area contributed by atoms with Gasteiger partial charge in [-0.3, -0.25) is 4.99 Å². The van der Waals surface area contributed by atoms with Crippen LogP contribution in [0.4, 0.5) is 5.82 Å². The molecule has 0 aliphatic carbocycles. The number of aliphatic imine (C=N–C) groups is 1. The summed E-state index contributed by atoms with van der Waals surface area (Å²) < 4.78 is 2.62. The Labute approximate surface area is 106 Å². The maximum absolute atomic E-state index is 8.61. The minimum atomic E-state index is 0.549. The van der Waals surface area contributed by atoms with E-state index in [1.165, 1.54) is 6.20 Å². The van der Waals surface area contributed by atoms with Crippen molar-refractivity contribution in [1.29, 1.82) is 5.26 Å². The average Bonchev–Trinajstić information content (AvgIpc) is 2.40. The van der Waals surface area contributed by atoms with Gasteiger partial charge in [0.05, 0.1) is 5.56 Å². The van der Waals surface area contributed by atoms with Crippen molar-refractivity contribution in [1.82, 2.24) is 15.0 Å². The summed E-state index contributed by atoms with van der Waals surface area (Å²) in [6, 6.07) is 5.50. The quantitative estimate of drug-likeness (QED) is 0.269. The van der Waals surface area contributed by atoms with E-state index in [0.29, 0.717) is 24.6 Å². The fourth-order valence-corrected chi connectivity index (χ4v) is 1.28. The van der Waals surface area contributed by atoms with E-state index >= 15 is 0 Å². The standard InChI is InChI=1S/C10H14N6S/c1-12-10(16-17)14-5-4-13-9-3-2-8(6-11)7-15-9/h2-3,7,17H,4-5H2,1H3,(H,13,15)(H2,12,14,16). The Bertz CT molecular complexity index is 408. The van der Waals surface area contributed by atoms with Gasteiger partial charge in [0.25, 0.3) is 0 Å². The molecule has 3 N–H and O–H groups in total. The van der Waals surface area contributed by atoms with Crippen molar-refractivity contribution in [2.24, 2.45) is 4.99 Å². The van der Waals surface area contributed by atoms with Crippen LogP contribution in [0.1, 0.15) is 5.56 Å². The Balaban J connectivity index is 2.29. The van der Waals surface area contributed by atoms with Gasteiger partial charge in [0.2, 0.25) is 5.96 Å². The van der Waals surface area contributed by atoms with E-state index in [1.54, 1.807) is 19.2 Å². The van der Waals surface area contributed by atoms with Gasteiger partial charge in [0, 0.05) is 26.3 Å². The predicted octanol–water partition coefficient (Wildman–Crippen LogP) is 0.375. The van der Waals surface area contributed by atoms with Crippen molar-refractivity contribution in [2.75, 3.05) is 25.5 Å². The van der Waals surface area contributed by atoms with Crippen molar-refractivity contribution < 1.29 is 0 Å². The molecule has 90 valence electrons. The molecule has 7 heteroatoms. The van der Waals surface area contributed by atoms with Gasteiger partial charge in [0.15, 0.2) is 0 Å². The van der Waals surface area contributed by atoms with Crippen molar-refractivity contribution in [3.63, 3.8) is 0 Å². The molecule has 1 heterocycles. The van der Waals surface area contributed by atoms with Crippen LogP contribution in [0.25, 0.3) is 0 Å². The van der Waals surface area contributed by atoms with Crippen LogP contribution in [0.5, 0.6) is 0 Å². The van der Waals surface area contributed by atoms with E-state index < -0.39 is 0 Å². The van der Waals surface area contributed by atoms with Gasteiger partial charge in [-0.1, -0.05) is 12.8 Å². The molecule has 0 amide bonds. The second-order valence-corrected chi connectivity index (χ2v) is 3.31. The largest absolute Gasteiger partial charge is 0.368 e. The smallest absolute Gasteiger partial charge is 0.201 e. The Morgan fingerprint density at radius 2 is 2.35 bits per heavy atom. The topological polar surface area (TPSA) is 85.1 Å². The van der Waals surface area contributed by atoms with Crippen LogP contribution < -0.4 is 15.4 Å². The number of thiol groups is 1. The van der Waals surface area contributed by atoms with Gasteiger partial charge in [0.1, 0.15) is 11.9 Å². The molecule has 0 aliphatic heterocycles. The first-order chi connectivity index (χ1) is 8.30. The van der Waals surface area contributed by atoms with Gasteiger partial charge in [-0.25, -0.2) is 4.98 Å². The fraction of sp³-hybridized carbons (Fsp3) is 0.300. The molecule has 0 saturated heterocycles. The van der Waals surface area contributed by atoms with E-state index in [-0.39, 0.29) is 0 Å². The number of hydrogen-bond donors (Lipinski definition) is 4. The van der Waals surface area contributed by atoms with Crippen LogP contribution in [0.3, 0.4) is 0 Å². The van der Waals surface area contributed by atoms with Crippen LogP contribution >= 0.6 is 12.8 Å². The maximum atomic E-state index is 8.61. The van der Waals surface area contributed by atoms with Crippen LogP contribution in [0.15, 0.2) is 23.3 Å². The highest BCUT2D eigenvalue weighted by Crippen LogP contribution is 2.02. The molecule has 17 heavy (non-hydrogen) atoms. The SMILES string of the molecule is CN=C(NS)NCCNc1ccc(C#N)cn1. The van der Waals surface area contributed by atoms with E-state index in [2.05, 4.69) is 38.1 Å². The summed E-state index contributed by atoms with van der Waals surface area (Å²) in [5.74, 6) is 1.35. The van der Waals surface area contributed by atoms with Crippen LogP contribution in [-0.2, 0) is 0 Å². The second-order valence-electron chi connectivity index (χ2n) is 3.08. The van der Waals surface area contributed by atoms with Gasteiger partial charge in [-0.2, -0.15) is 5.26 Å². The zero-order valence-corrected chi connectivity index (χ0v) is 10.3. The molecule has 0 radical (unpaired) electrons. The lowest BCUT2D eigenvalue weighted by Crippen LogP contribution is -2.35. The summed E-state index contributed by atoms with van der Waals surface area (Å²) in [5.41, 5.74) is 0.549. The van der Waals surface area contributed by atoms with Crippen LogP contribution in [0.2, 0.25) is 0 Å². The number of nitrogens with one attached hydrogen (secondary N) is 3. The molecule has 1 aromatic rings. The van der Waals surface area contributed by atoms with Crippen molar-refractivity contribution in [3.05, 3.63) is 23.9 Å². The molecule has 0 aliphatic rings. The number of aromatic nitrogens is 1. The molecule has 0 spiro atoms. The normalized spacial score (nSPS) is 10.5. The molecule has 0 unspecified atom stereocenters. The highest BCUT2D eigenvalue weighted by atomic mass is 32.1. The zero-order valence-electron chi connectivity index (χ0n) is 9.44. The molecule has 0 aromatic carbocycles. The summed E-state index contributed by atoms with van der Waals surface area (Å²) >= 11 is 3.88. The number of hydrogen-bond acceptors (Lipinski definition) is 5. The Morgan fingerprint density at radius 3 is 2.88 bits per heavy atom. The number of rotatable bonds is 4. The van der Waals surface area contributed by atoms with E-state index in [9.17, 15) is 0 Å². The number of nitrogens with zero attached hydrogens (tertiary/aromatic N) is 3. The van der Waals surface area contributed by atoms with Gasteiger partial charge < -0.3 is 15.4 Å². The van der Waals surface area contributed by atoms with Gasteiger partial charge in [-0.15, -0.1) is 0 Å². The molecule has 6 nitrogen and oxygen atoms in total. The highest BCUT2D eigenvalue weighted by Gasteiger charge is 1.95. The zero-order chi connectivity index (χ0) is 12.5. The van der Waals surface area contributed by atoms with Crippen LogP contribution in [0, 0.1) is 11.3 Å². The number of nitriles is 1. The lowest BCUT2D eigenvalue weighted by Gasteiger charge is -2.08. The summed E-state index contributed by atoms with van der Waals surface area (Å²) in [4.78, 5) is 8.00. The maximum Gasteiger partial charge on any atom is 0.201 e. The molecule has 1 rings (SSSR count). The van der Waals surface area contributed by atoms with Crippen molar-refractivity contribution in [3.8, 4) is 6.07 Å². The highest BCUT2D eigenvalue weighted by molar-refractivity contribution is 7.78. The molecule has 1 aromatic heterocycles. The molecular formula is C10H14N6S. The van der Waals surface area contributed by atoms with Crippen LogP contribution in [-0.4, -0.2) is 31.1 Å². The minimum Gasteiger partial charge on any atom is -0.368 e. The van der Waals surface area contributed by atoms with Crippen molar-refractivity contribution >= 4 is 24.6 Å². The monoisotopic (exact) mass is 250 g/mol.